The molecule has 87 heavy (non-hydrogen) atoms. The summed E-state index contributed by atoms with van der Waals surface area (Å²) in [5.41, 5.74) is 33.4. The van der Waals surface area contributed by atoms with Crippen molar-refractivity contribution in [3.8, 4) is 11.5 Å². The summed E-state index contributed by atoms with van der Waals surface area (Å²) in [4.78, 5) is 165. The highest BCUT2D eigenvalue weighted by Gasteiger charge is 2.35. The van der Waals surface area contributed by atoms with Crippen LogP contribution in [0.3, 0.4) is 0 Å². The monoisotopic (exact) mass is 1230 g/mol. The Labute approximate surface area is 510 Å². The molecule has 1 aromatic rings. The summed E-state index contributed by atoms with van der Waals surface area (Å²) in [5, 5.41) is 42.3. The Morgan fingerprint density at radius 3 is 1.46 bits per heavy atom. The van der Waals surface area contributed by atoms with E-state index in [1.807, 2.05) is 27.7 Å². The fourth-order valence-corrected chi connectivity index (χ4v) is 9.76. The van der Waals surface area contributed by atoms with E-state index >= 15 is 0 Å². The number of benzene rings is 1. The number of aliphatic carboxylic acids is 1. The number of rotatable bonds is 48. The second-order valence-corrected chi connectivity index (χ2v) is 23.4. The number of phenolic OH excluding ortho intramolecular Hbond substituents is 2. The van der Waals surface area contributed by atoms with Gasteiger partial charge in [0.1, 0.15) is 17.5 Å². The highest BCUT2D eigenvalue weighted by molar-refractivity contribution is 6.01. The van der Waals surface area contributed by atoms with Gasteiger partial charge in [0.15, 0.2) is 34.9 Å². The van der Waals surface area contributed by atoms with Crippen molar-refractivity contribution in [1.29, 1.82) is 0 Å². The van der Waals surface area contributed by atoms with Gasteiger partial charge in [-0.3, -0.25) is 62.5 Å². The Bertz CT molecular complexity index is 2470. The second kappa shape index (κ2) is 41.7. The minimum Gasteiger partial charge on any atom is -0.508 e. The van der Waals surface area contributed by atoms with E-state index in [9.17, 15) is 67.7 Å². The van der Waals surface area contributed by atoms with Crippen molar-refractivity contribution in [3.05, 3.63) is 23.8 Å². The number of carbonyl (C=O) groups excluding carboxylic acids is 11. The van der Waals surface area contributed by atoms with Gasteiger partial charge < -0.3 is 76.3 Å². The van der Waals surface area contributed by atoms with Gasteiger partial charge in [-0.15, -0.1) is 0 Å². The molecule has 0 bridgehead atoms. The molecule has 0 heterocycles. The zero-order chi connectivity index (χ0) is 65.9. The molecule has 0 saturated heterocycles. The minimum atomic E-state index is -1.53. The van der Waals surface area contributed by atoms with Crippen LogP contribution in [0.5, 0.6) is 11.5 Å². The number of ketones is 5. The first kappa shape index (κ1) is 77.6. The van der Waals surface area contributed by atoms with Gasteiger partial charge >= 0.3 is 5.97 Å². The highest BCUT2D eigenvalue weighted by Crippen LogP contribution is 2.26. The maximum absolute atomic E-state index is 14.3. The number of aromatic hydroxyl groups is 2. The first-order chi connectivity index (χ1) is 40.9. The molecule has 0 saturated carbocycles. The number of nitrogens with one attached hydrogen (secondary N) is 5. The number of phenols is 2. The molecule has 27 nitrogen and oxygen atoms in total. The van der Waals surface area contributed by atoms with Gasteiger partial charge in [-0.25, -0.2) is 0 Å². The van der Waals surface area contributed by atoms with Crippen molar-refractivity contribution < 1.29 is 72.9 Å². The number of carboxylic acids is 1. The van der Waals surface area contributed by atoms with Crippen molar-refractivity contribution in [1.82, 2.24) is 26.6 Å². The molecule has 0 fully saturated rings. The maximum atomic E-state index is 14.3. The Morgan fingerprint density at radius 2 is 0.943 bits per heavy atom. The van der Waals surface area contributed by atoms with Crippen molar-refractivity contribution in [2.75, 3.05) is 26.2 Å². The number of hydrogen-bond acceptors (Lipinski definition) is 18. The Hall–Kier alpha value is -7.39. The molecule has 0 aliphatic heterocycles. The van der Waals surface area contributed by atoms with Crippen LogP contribution in [0, 0.1) is 35.5 Å². The maximum Gasteiger partial charge on any atom is 0.305 e. The van der Waals surface area contributed by atoms with Crippen molar-refractivity contribution >= 4 is 76.3 Å². The standard InChI is InChI=1S/C60H100N12O15/c1-34(2)24-41(59(87)68-37(6)49(76)29-38(14-7-10-20-61)57(85)71-44(17-13-23-67-60(65)66)48(75)18-19-53(80)69-47(55(64)83)33-54(81)82)31-52(79)45(16-9-12-22-63)70-56(84)36(5)26-51(78)46(25-35(3)4)72-58(86)39(15-8-11-21-62)30-50(77)40-27-42(73)32-43(74)28-40/h27-28,32,34-39,41,44-47,73-74H,7-26,29-31,33,61-63H2,1-6H3,(H2,64,83)(H,68,87)(H,69,80)(H,70,84)(H,71,85)(H,72,86)(H,81,82)(H4,65,66,67). The number of hydrogen-bond donors (Lipinski definition) is 14. The van der Waals surface area contributed by atoms with Crippen LogP contribution < -0.4 is 61.0 Å². The van der Waals surface area contributed by atoms with Gasteiger partial charge in [0.2, 0.25) is 35.4 Å². The molecule has 0 aromatic heterocycles. The van der Waals surface area contributed by atoms with E-state index < -0.39 is 143 Å². The Kier molecular flexibility index (Phi) is 37.2. The number of guanidine groups is 1. The van der Waals surface area contributed by atoms with E-state index in [0.29, 0.717) is 51.6 Å². The molecule has 1 rings (SSSR count). The Balaban J connectivity index is 3.33. The van der Waals surface area contributed by atoms with E-state index in [0.717, 1.165) is 6.07 Å². The summed E-state index contributed by atoms with van der Waals surface area (Å²) in [5.74, 6) is -13.4. The topological polar surface area (TPSA) is 494 Å². The zero-order valence-corrected chi connectivity index (χ0v) is 51.7. The van der Waals surface area contributed by atoms with Gasteiger partial charge in [-0.1, -0.05) is 47.5 Å². The summed E-state index contributed by atoms with van der Waals surface area (Å²) in [6.45, 7) is 11.4. The molecule has 0 spiro atoms. The average molecular weight is 1230 g/mol. The lowest BCUT2D eigenvalue weighted by Gasteiger charge is -2.26. The molecule has 6 amide bonds. The zero-order valence-electron chi connectivity index (χ0n) is 51.7. The quantitative estimate of drug-likeness (QED) is 0.0189. The van der Waals surface area contributed by atoms with Gasteiger partial charge in [0.25, 0.3) is 0 Å². The first-order valence-corrected chi connectivity index (χ1v) is 30.3. The normalized spacial score (nSPS) is 14.4. The van der Waals surface area contributed by atoms with E-state index in [-0.39, 0.29) is 119 Å². The number of aliphatic imine (C=N–C) groups is 1. The molecule has 0 aliphatic carbocycles. The lowest BCUT2D eigenvalue weighted by molar-refractivity contribution is -0.140. The van der Waals surface area contributed by atoms with E-state index in [2.05, 4.69) is 31.6 Å². The third kappa shape index (κ3) is 32.2. The average Bonchev–Trinajstić information content (AvgIpc) is 3.10. The summed E-state index contributed by atoms with van der Waals surface area (Å²) in [6, 6.07) is -2.60. The molecular weight excluding hydrogens is 1130 g/mol. The number of nitrogens with two attached hydrogens (primary N) is 6. The van der Waals surface area contributed by atoms with Crippen molar-refractivity contribution in [2.24, 2.45) is 74.9 Å². The number of carboxylic acid groups (broad SMARTS) is 1. The van der Waals surface area contributed by atoms with Gasteiger partial charge in [0, 0.05) is 80.4 Å². The molecule has 0 radical (unpaired) electrons. The third-order valence-corrected chi connectivity index (χ3v) is 14.6. The number of unbranched alkanes of at least 4 members (excludes halogenated alkanes) is 3. The molecule has 20 N–H and O–H groups in total. The molecule has 0 aliphatic rings. The highest BCUT2D eigenvalue weighted by atomic mass is 16.4. The van der Waals surface area contributed by atoms with Crippen molar-refractivity contribution in [2.45, 2.75) is 200 Å². The number of carbonyl (C=O) groups is 12. The fourth-order valence-electron chi connectivity index (χ4n) is 9.76. The molecule has 1 aromatic carbocycles. The summed E-state index contributed by atoms with van der Waals surface area (Å²) in [7, 11) is 0. The summed E-state index contributed by atoms with van der Waals surface area (Å²) < 4.78 is 0. The van der Waals surface area contributed by atoms with Crippen LogP contribution in [0.2, 0.25) is 0 Å². The van der Waals surface area contributed by atoms with E-state index in [1.165, 1.54) is 26.0 Å². The summed E-state index contributed by atoms with van der Waals surface area (Å²) >= 11 is 0. The Morgan fingerprint density at radius 1 is 0.471 bits per heavy atom. The minimum absolute atomic E-state index is 0.00137. The predicted molar refractivity (Wildman–Crippen MR) is 326 cm³/mol. The van der Waals surface area contributed by atoms with E-state index in [1.54, 1.807) is 0 Å². The van der Waals surface area contributed by atoms with Crippen LogP contribution in [0.1, 0.15) is 180 Å². The smallest absolute Gasteiger partial charge is 0.305 e. The van der Waals surface area contributed by atoms with Crippen LogP contribution in [-0.2, 0) is 52.7 Å². The number of nitrogens with zero attached hydrogens (tertiary/aromatic N) is 1. The first-order valence-electron chi connectivity index (χ1n) is 30.3. The van der Waals surface area contributed by atoms with Crippen molar-refractivity contribution in [3.63, 3.8) is 0 Å². The van der Waals surface area contributed by atoms with Gasteiger partial charge in [-0.2, -0.15) is 0 Å². The molecular formula is C60H100N12O15. The molecule has 9 atom stereocenters. The van der Waals surface area contributed by atoms with Gasteiger partial charge in [0.05, 0.1) is 30.6 Å². The second-order valence-electron chi connectivity index (χ2n) is 23.4. The largest absolute Gasteiger partial charge is 0.508 e. The SMILES string of the molecule is CC(C)CC(CC(=O)C(CCCCN)NC(=O)C(C)CC(=O)C(CC(C)C)NC(=O)C(CCCCN)CC(=O)c1cc(O)cc(O)c1)C(=O)NC(C)C(=O)CC(CCCCN)C(=O)NC(CCCN=C(N)N)C(=O)CCC(=O)NC(CC(=O)O)C(N)=O. The fraction of sp³-hybridized carbons (Fsp3) is 0.683. The lowest BCUT2D eigenvalue weighted by Crippen LogP contribution is -2.48. The van der Waals surface area contributed by atoms with Crippen LogP contribution in [0.25, 0.3) is 0 Å². The van der Waals surface area contributed by atoms with Crippen LogP contribution >= 0.6 is 0 Å². The van der Waals surface area contributed by atoms with Gasteiger partial charge in [-0.05, 0) is 121 Å². The number of Topliss-reactive ketones (excluding diaryl/α,β-unsaturated/α-hetero) is 5. The van der Waals surface area contributed by atoms with Crippen LogP contribution in [0.4, 0.5) is 0 Å². The predicted octanol–water partition coefficient (Wildman–Crippen LogP) is 1.32. The third-order valence-electron chi connectivity index (χ3n) is 14.6. The summed E-state index contributed by atoms with van der Waals surface area (Å²) in [6.07, 6.45) is 1.05. The molecule has 9 unspecified atom stereocenters. The van der Waals surface area contributed by atoms with Crippen LogP contribution in [0.15, 0.2) is 23.2 Å². The lowest BCUT2D eigenvalue weighted by atomic mass is 9.87. The van der Waals surface area contributed by atoms with Crippen LogP contribution in [-0.4, -0.2) is 148 Å². The van der Waals surface area contributed by atoms with E-state index in [4.69, 9.17) is 39.5 Å². The number of primary amides is 1. The number of amides is 6. The molecule has 27 heteroatoms. The molecule has 490 valence electrons.